The van der Waals surface area contributed by atoms with E-state index in [1.54, 1.807) is 0 Å². The predicted octanol–water partition coefficient (Wildman–Crippen LogP) is 4.60. The first-order valence-electron chi connectivity index (χ1n) is 7.30. The van der Waals surface area contributed by atoms with Crippen LogP contribution in [0.25, 0.3) is 0 Å². The second kappa shape index (κ2) is 4.22. The predicted molar refractivity (Wildman–Crippen MR) is 74.2 cm³/mol. The van der Waals surface area contributed by atoms with E-state index in [9.17, 15) is 4.79 Å². The molecule has 0 saturated heterocycles. The maximum absolute atomic E-state index is 12.1. The number of carbonyl (C=O) groups is 1. The number of carbonyl (C=O) groups excluding carboxylic acids is 1. The van der Waals surface area contributed by atoms with Crippen LogP contribution in [0.2, 0.25) is 0 Å². The number of hydrogen-bond donors (Lipinski definition) is 0. The monoisotopic (exact) mass is 242 g/mol. The highest BCUT2D eigenvalue weighted by molar-refractivity contribution is 5.99. The Morgan fingerprint density at radius 3 is 2.50 bits per heavy atom. The van der Waals surface area contributed by atoms with Crippen molar-refractivity contribution in [3.8, 4) is 0 Å². The number of ketones is 1. The summed E-state index contributed by atoms with van der Waals surface area (Å²) in [5.74, 6) is 0.906. The van der Waals surface area contributed by atoms with Crippen molar-refractivity contribution in [2.75, 3.05) is 0 Å². The first-order chi connectivity index (χ1) is 8.62. The molecule has 1 saturated carbocycles. The van der Waals surface area contributed by atoms with Crippen LogP contribution in [-0.2, 0) is 5.41 Å². The number of fused-ring (bicyclic) bond motifs is 2. The van der Waals surface area contributed by atoms with Gasteiger partial charge in [0, 0.05) is 12.0 Å². The van der Waals surface area contributed by atoms with Crippen molar-refractivity contribution in [3.05, 3.63) is 34.9 Å². The lowest BCUT2D eigenvalue weighted by Gasteiger charge is -2.35. The first-order valence-corrected chi connectivity index (χ1v) is 7.30. The number of benzene rings is 1. The molecule has 0 amide bonds. The molecular formula is C17H22O. The molecule has 0 bridgehead atoms. The van der Waals surface area contributed by atoms with Crippen LogP contribution in [0, 0.1) is 0 Å². The molecule has 1 aromatic carbocycles. The van der Waals surface area contributed by atoms with Gasteiger partial charge in [-0.15, -0.1) is 0 Å². The van der Waals surface area contributed by atoms with Gasteiger partial charge < -0.3 is 0 Å². The van der Waals surface area contributed by atoms with Crippen LogP contribution < -0.4 is 0 Å². The molecule has 0 heterocycles. The van der Waals surface area contributed by atoms with E-state index < -0.39 is 0 Å². The third kappa shape index (κ3) is 1.72. The Bertz CT molecular complexity index is 478. The second-order valence-electron chi connectivity index (χ2n) is 6.37. The fourth-order valence-corrected chi connectivity index (χ4v) is 3.80. The van der Waals surface area contributed by atoms with E-state index in [0.717, 1.165) is 18.4 Å². The Morgan fingerprint density at radius 2 is 1.83 bits per heavy atom. The van der Waals surface area contributed by atoms with Gasteiger partial charge in [-0.1, -0.05) is 44.9 Å². The van der Waals surface area contributed by atoms with Crippen LogP contribution in [0.4, 0.5) is 0 Å². The molecule has 0 atom stereocenters. The molecule has 3 rings (SSSR count). The van der Waals surface area contributed by atoms with Gasteiger partial charge in [0.25, 0.3) is 0 Å². The lowest BCUT2D eigenvalue weighted by molar-refractivity contribution is 0.0951. The highest BCUT2D eigenvalue weighted by Crippen LogP contribution is 2.49. The van der Waals surface area contributed by atoms with Gasteiger partial charge in [0.05, 0.1) is 0 Å². The quantitative estimate of drug-likeness (QED) is 0.703. The number of rotatable bonds is 1. The largest absolute Gasteiger partial charge is 0.294 e. The normalized spacial score (nSPS) is 21.6. The number of Topliss-reactive ketones (excluding diaryl/α,β-unsaturated/α-hetero) is 1. The maximum Gasteiger partial charge on any atom is 0.163 e. The van der Waals surface area contributed by atoms with Crippen LogP contribution >= 0.6 is 0 Å². The standard InChI is InChI=1S/C17H22O/c1-12(2)13-5-6-14-15(11-13)17(8-3-4-9-17)10-7-16(14)18/h5-6,11-12H,3-4,7-10H2,1-2H3. The van der Waals surface area contributed by atoms with Crippen molar-refractivity contribution in [1.29, 1.82) is 0 Å². The van der Waals surface area contributed by atoms with E-state index in [4.69, 9.17) is 0 Å². The molecule has 0 unspecified atom stereocenters. The molecule has 18 heavy (non-hydrogen) atoms. The fraction of sp³-hybridized carbons (Fsp3) is 0.588. The average molecular weight is 242 g/mol. The summed E-state index contributed by atoms with van der Waals surface area (Å²) in [6.45, 7) is 4.46. The fourth-order valence-electron chi connectivity index (χ4n) is 3.80. The van der Waals surface area contributed by atoms with E-state index in [1.165, 1.54) is 36.8 Å². The molecule has 0 N–H and O–H groups in total. The van der Waals surface area contributed by atoms with Gasteiger partial charge in [0.15, 0.2) is 5.78 Å². The van der Waals surface area contributed by atoms with Crippen LogP contribution in [-0.4, -0.2) is 5.78 Å². The molecule has 1 aromatic rings. The van der Waals surface area contributed by atoms with E-state index in [2.05, 4.69) is 32.0 Å². The molecule has 2 aliphatic carbocycles. The third-order valence-electron chi connectivity index (χ3n) is 4.97. The highest BCUT2D eigenvalue weighted by atomic mass is 16.1. The van der Waals surface area contributed by atoms with E-state index >= 15 is 0 Å². The van der Waals surface area contributed by atoms with Crippen molar-refractivity contribution < 1.29 is 4.79 Å². The van der Waals surface area contributed by atoms with Crippen LogP contribution in [0.3, 0.4) is 0 Å². The second-order valence-corrected chi connectivity index (χ2v) is 6.37. The molecule has 1 spiro atoms. The molecule has 96 valence electrons. The smallest absolute Gasteiger partial charge is 0.163 e. The Kier molecular flexibility index (Phi) is 2.80. The van der Waals surface area contributed by atoms with Gasteiger partial charge in [-0.25, -0.2) is 0 Å². The van der Waals surface area contributed by atoms with Gasteiger partial charge in [0.2, 0.25) is 0 Å². The van der Waals surface area contributed by atoms with Gasteiger partial charge in [0.1, 0.15) is 0 Å². The zero-order valence-electron chi connectivity index (χ0n) is 11.5. The SMILES string of the molecule is CC(C)c1ccc2c(c1)C1(CCCC1)CCC2=O. The Balaban J connectivity index is 2.14. The van der Waals surface area contributed by atoms with E-state index in [1.807, 2.05) is 0 Å². The van der Waals surface area contributed by atoms with Crippen molar-refractivity contribution in [1.82, 2.24) is 0 Å². The zero-order chi connectivity index (χ0) is 12.8. The molecule has 1 heteroatoms. The van der Waals surface area contributed by atoms with Gasteiger partial charge in [-0.05, 0) is 41.7 Å². The average Bonchev–Trinajstić information content (AvgIpc) is 2.84. The summed E-state index contributed by atoms with van der Waals surface area (Å²) < 4.78 is 0. The topological polar surface area (TPSA) is 17.1 Å². The molecular weight excluding hydrogens is 220 g/mol. The van der Waals surface area contributed by atoms with Crippen LogP contribution in [0.5, 0.6) is 0 Å². The molecule has 0 aromatic heterocycles. The lowest BCUT2D eigenvalue weighted by atomic mass is 9.68. The van der Waals surface area contributed by atoms with Crippen LogP contribution in [0.15, 0.2) is 18.2 Å². The highest BCUT2D eigenvalue weighted by Gasteiger charge is 2.41. The van der Waals surface area contributed by atoms with Gasteiger partial charge in [-0.3, -0.25) is 4.79 Å². The first kappa shape index (κ1) is 12.0. The Labute approximate surface area is 110 Å². The Hall–Kier alpha value is -1.11. The molecule has 1 fully saturated rings. The summed E-state index contributed by atoms with van der Waals surface area (Å²) in [7, 11) is 0. The van der Waals surface area contributed by atoms with Crippen molar-refractivity contribution >= 4 is 5.78 Å². The van der Waals surface area contributed by atoms with Gasteiger partial charge in [-0.2, -0.15) is 0 Å². The molecule has 0 aliphatic heterocycles. The molecule has 1 nitrogen and oxygen atoms in total. The van der Waals surface area contributed by atoms with E-state index in [0.29, 0.717) is 17.1 Å². The van der Waals surface area contributed by atoms with Crippen LogP contribution in [0.1, 0.15) is 79.8 Å². The maximum atomic E-state index is 12.1. The molecule has 0 radical (unpaired) electrons. The summed E-state index contributed by atoms with van der Waals surface area (Å²) in [4.78, 5) is 12.1. The van der Waals surface area contributed by atoms with E-state index in [-0.39, 0.29) is 0 Å². The summed E-state index contributed by atoms with van der Waals surface area (Å²) in [6, 6.07) is 6.57. The summed E-state index contributed by atoms with van der Waals surface area (Å²) in [5.41, 5.74) is 4.12. The zero-order valence-corrected chi connectivity index (χ0v) is 11.5. The minimum atomic E-state index is 0.341. The summed E-state index contributed by atoms with van der Waals surface area (Å²) in [5, 5.41) is 0. The minimum Gasteiger partial charge on any atom is -0.294 e. The number of hydrogen-bond acceptors (Lipinski definition) is 1. The molecule has 2 aliphatic rings. The minimum absolute atomic E-state index is 0.341. The summed E-state index contributed by atoms with van der Waals surface area (Å²) in [6.07, 6.45) is 7.08. The Morgan fingerprint density at radius 1 is 1.11 bits per heavy atom. The third-order valence-corrected chi connectivity index (χ3v) is 4.97. The van der Waals surface area contributed by atoms with Crippen molar-refractivity contribution in [2.45, 2.75) is 63.7 Å². The lowest BCUT2D eigenvalue weighted by Crippen LogP contribution is -2.30. The van der Waals surface area contributed by atoms with Gasteiger partial charge >= 0.3 is 0 Å². The van der Waals surface area contributed by atoms with Crippen molar-refractivity contribution in [3.63, 3.8) is 0 Å². The van der Waals surface area contributed by atoms with Crippen molar-refractivity contribution in [2.24, 2.45) is 0 Å². The summed E-state index contributed by atoms with van der Waals surface area (Å²) >= 11 is 0.